The van der Waals surface area contributed by atoms with Gasteiger partial charge in [-0.25, -0.2) is 9.78 Å². The van der Waals surface area contributed by atoms with Crippen LogP contribution in [0, 0.1) is 0 Å². The monoisotopic (exact) mass is 770 g/mol. The smallest absolute Gasteiger partial charge is 0.444 e. The number of carbonyl (C=O) groups is 2. The lowest BCUT2D eigenvalue weighted by Gasteiger charge is -2.49. The van der Waals surface area contributed by atoms with Crippen molar-refractivity contribution in [3.05, 3.63) is 54.5 Å². The Kier molecular flexibility index (Phi) is 11.0. The highest BCUT2D eigenvalue weighted by atomic mass is 35.5. The molecule has 1 atom stereocenters. The number of halogens is 3. The van der Waals surface area contributed by atoms with E-state index in [0.717, 1.165) is 76.1 Å². The van der Waals surface area contributed by atoms with Gasteiger partial charge in [0.1, 0.15) is 17.2 Å². The molecule has 0 radical (unpaired) electrons. The number of anilines is 2. The molecule has 0 spiro atoms. The summed E-state index contributed by atoms with van der Waals surface area (Å²) in [6, 6.07) is 8.46. The van der Waals surface area contributed by atoms with Crippen LogP contribution in [0.3, 0.4) is 0 Å². The lowest BCUT2D eigenvalue weighted by atomic mass is 9.96. The summed E-state index contributed by atoms with van der Waals surface area (Å²) < 4.78 is 37.9. The zero-order chi connectivity index (χ0) is 38.2. The molecular weight excluding hydrogens is 722 g/mol. The summed E-state index contributed by atoms with van der Waals surface area (Å²) in [5, 5.41) is 17.8. The number of alkyl halides is 3. The van der Waals surface area contributed by atoms with Crippen molar-refractivity contribution in [1.82, 2.24) is 29.5 Å². The van der Waals surface area contributed by atoms with Crippen molar-refractivity contribution in [1.29, 1.82) is 0 Å². The average molecular weight is 771 g/mol. The normalized spacial score (nSPS) is 21.3. The Morgan fingerprint density at radius 1 is 0.889 bits per heavy atom. The number of aliphatic hydroxyl groups excluding tert-OH is 1. The lowest BCUT2D eigenvalue weighted by molar-refractivity contribution is -0.0964. The molecule has 4 aliphatic rings. The molecule has 0 aliphatic carbocycles. The molecule has 4 saturated heterocycles. The number of likely N-dealkylation sites (tertiary alicyclic amines) is 3. The molecule has 2 aromatic heterocycles. The molecule has 16 heteroatoms. The quantitative estimate of drug-likeness (QED) is 0.264. The molecule has 2 N–H and O–H groups in total. The number of benzene rings is 1. The Hall–Kier alpha value is -4.05. The molecule has 3 aromatic rings. The van der Waals surface area contributed by atoms with E-state index in [-0.39, 0.29) is 17.9 Å². The van der Waals surface area contributed by atoms with E-state index in [1.54, 1.807) is 11.0 Å². The number of carbonyl (C=O) groups excluding carboxylic acids is 2. The molecule has 4 fully saturated rings. The highest BCUT2D eigenvalue weighted by Crippen LogP contribution is 2.35. The van der Waals surface area contributed by atoms with Crippen LogP contribution in [0.15, 0.2) is 48.9 Å². The summed E-state index contributed by atoms with van der Waals surface area (Å²) in [5.74, 6) is 0.109. The first kappa shape index (κ1) is 38.2. The Balaban J connectivity index is 0.952. The maximum absolute atomic E-state index is 13.3. The van der Waals surface area contributed by atoms with Crippen LogP contribution in [0.1, 0.15) is 69.3 Å². The number of aromatic nitrogens is 3. The first-order chi connectivity index (χ1) is 25.7. The van der Waals surface area contributed by atoms with E-state index in [1.807, 2.05) is 42.7 Å². The number of piperidine rings is 2. The predicted molar refractivity (Wildman–Crippen MR) is 200 cm³/mol. The fourth-order valence-electron chi connectivity index (χ4n) is 7.89. The average Bonchev–Trinajstić information content (AvgIpc) is 3.77. The SMILES string of the molecule is CC(C)(C)OC(=O)N1CC(N2CCC(N3CCC(n4cc(-c5cc(C(=O)Nc6ccc(OC(F)(F)Cl)cc6)cnc5N5CC[C@@H](O)C5)cn4)CC3)CC2)C1. The van der Waals surface area contributed by atoms with E-state index >= 15 is 0 Å². The van der Waals surface area contributed by atoms with Gasteiger partial charge in [-0.05, 0) is 83.2 Å². The van der Waals surface area contributed by atoms with E-state index < -0.39 is 23.2 Å². The van der Waals surface area contributed by atoms with Crippen LogP contribution < -0.4 is 15.0 Å². The number of β-amino-alcohol motifs (C(OH)–C–C–N with tert-alkyl or cyclic N) is 1. The Bertz CT molecular complexity index is 1780. The van der Waals surface area contributed by atoms with Crippen molar-refractivity contribution >= 4 is 35.1 Å². The van der Waals surface area contributed by atoms with E-state index in [2.05, 4.69) is 24.8 Å². The van der Waals surface area contributed by atoms with Crippen LogP contribution in [-0.2, 0) is 4.74 Å². The summed E-state index contributed by atoms with van der Waals surface area (Å²) in [5.41, 5.74) is -2.06. The number of amides is 2. The van der Waals surface area contributed by atoms with Crippen molar-refractivity contribution in [2.75, 3.05) is 62.6 Å². The van der Waals surface area contributed by atoms with Gasteiger partial charge in [-0.15, -0.1) is 8.78 Å². The zero-order valence-electron chi connectivity index (χ0n) is 31.0. The van der Waals surface area contributed by atoms with Crippen molar-refractivity contribution in [2.45, 2.75) is 88.3 Å². The minimum absolute atomic E-state index is 0.142. The minimum atomic E-state index is -3.84. The van der Waals surface area contributed by atoms with Gasteiger partial charge in [-0.3, -0.25) is 14.4 Å². The summed E-state index contributed by atoms with van der Waals surface area (Å²) in [7, 11) is 0. The molecule has 292 valence electrons. The van der Waals surface area contributed by atoms with Crippen molar-refractivity contribution in [2.24, 2.45) is 0 Å². The Morgan fingerprint density at radius 3 is 2.15 bits per heavy atom. The molecule has 54 heavy (non-hydrogen) atoms. The van der Waals surface area contributed by atoms with Gasteiger partial charge in [0.25, 0.3) is 5.91 Å². The number of hydrogen-bond donors (Lipinski definition) is 2. The number of ether oxygens (including phenoxy) is 2. The maximum Gasteiger partial charge on any atom is 0.487 e. The molecule has 4 aliphatic heterocycles. The third-order valence-corrected chi connectivity index (χ3v) is 10.8. The van der Waals surface area contributed by atoms with Gasteiger partial charge in [-0.1, -0.05) is 0 Å². The fraction of sp³-hybridized carbons (Fsp3) is 0.579. The molecule has 0 bridgehead atoms. The van der Waals surface area contributed by atoms with E-state index in [4.69, 9.17) is 21.4 Å². The molecule has 1 aromatic carbocycles. The fourth-order valence-corrected chi connectivity index (χ4v) is 7.98. The van der Waals surface area contributed by atoms with Gasteiger partial charge in [0, 0.05) is 105 Å². The number of nitrogens with zero attached hydrogens (tertiary/aromatic N) is 7. The van der Waals surface area contributed by atoms with Crippen LogP contribution in [0.4, 0.5) is 25.1 Å². The summed E-state index contributed by atoms with van der Waals surface area (Å²) in [6.07, 6.45) is 9.49. The zero-order valence-corrected chi connectivity index (χ0v) is 31.7. The lowest BCUT2D eigenvalue weighted by Crippen LogP contribution is -2.63. The first-order valence-corrected chi connectivity index (χ1v) is 19.2. The largest absolute Gasteiger partial charge is 0.487 e. The maximum atomic E-state index is 13.3. The predicted octanol–water partition coefficient (Wildman–Crippen LogP) is 5.66. The van der Waals surface area contributed by atoms with Crippen LogP contribution in [-0.4, -0.2) is 128 Å². The van der Waals surface area contributed by atoms with Gasteiger partial charge in [0.15, 0.2) is 0 Å². The number of pyridine rings is 1. The van der Waals surface area contributed by atoms with Gasteiger partial charge >= 0.3 is 11.7 Å². The van der Waals surface area contributed by atoms with Crippen molar-refractivity contribution in [3.63, 3.8) is 0 Å². The molecule has 0 saturated carbocycles. The van der Waals surface area contributed by atoms with Crippen molar-refractivity contribution < 1.29 is 33.0 Å². The van der Waals surface area contributed by atoms with Gasteiger partial charge in [0.05, 0.1) is 23.9 Å². The van der Waals surface area contributed by atoms with Crippen LogP contribution in [0.5, 0.6) is 5.75 Å². The Labute approximate surface area is 319 Å². The van der Waals surface area contributed by atoms with Crippen molar-refractivity contribution in [3.8, 4) is 16.9 Å². The molecular formula is C38H49ClF2N8O5. The number of aliphatic hydroxyl groups is 1. The number of hydrogen-bond acceptors (Lipinski definition) is 10. The summed E-state index contributed by atoms with van der Waals surface area (Å²) in [6.45, 7) is 12.3. The van der Waals surface area contributed by atoms with Gasteiger partial charge in [-0.2, -0.15) is 5.10 Å². The molecule has 7 rings (SSSR count). The third kappa shape index (κ3) is 9.24. The highest BCUT2D eigenvalue weighted by molar-refractivity contribution is 6.20. The van der Waals surface area contributed by atoms with Crippen LogP contribution in [0.2, 0.25) is 0 Å². The third-order valence-electron chi connectivity index (χ3n) is 10.8. The van der Waals surface area contributed by atoms with Gasteiger partial charge < -0.3 is 34.6 Å². The highest BCUT2D eigenvalue weighted by Gasteiger charge is 2.39. The Morgan fingerprint density at radius 2 is 1.54 bits per heavy atom. The number of nitrogens with one attached hydrogen (secondary N) is 1. The number of rotatable bonds is 9. The summed E-state index contributed by atoms with van der Waals surface area (Å²) >= 11 is 4.85. The molecule has 6 heterocycles. The topological polar surface area (TPSA) is 129 Å². The summed E-state index contributed by atoms with van der Waals surface area (Å²) in [4.78, 5) is 39.4. The minimum Gasteiger partial charge on any atom is -0.444 e. The van der Waals surface area contributed by atoms with Crippen LogP contribution >= 0.6 is 11.6 Å². The molecule has 2 amide bonds. The first-order valence-electron chi connectivity index (χ1n) is 18.8. The molecule has 0 unspecified atom stereocenters. The van der Waals surface area contributed by atoms with Gasteiger partial charge in [0.2, 0.25) is 0 Å². The van der Waals surface area contributed by atoms with Crippen LogP contribution in [0.25, 0.3) is 11.1 Å². The second-order valence-electron chi connectivity index (χ2n) is 15.8. The second kappa shape index (κ2) is 15.6. The molecule has 13 nitrogen and oxygen atoms in total. The standard InChI is InChI=1S/C38H49ClF2N8O5/c1-37(2,3)54-36(52)48-22-30(23-48)46-13-8-28(9-14-46)45-15-10-29(11-16-45)49-21-26(20-43-49)33-18-25(19-42-34(33)47-17-12-31(50)24-47)35(51)44-27-4-6-32(7-5-27)53-38(39,40)41/h4-7,18-21,28-31,50H,8-17,22-24H2,1-3H3,(H,44,51)/t31-/m1/s1. The van der Waals surface area contributed by atoms with E-state index in [9.17, 15) is 23.5 Å². The second-order valence-corrected chi connectivity index (χ2v) is 16.2. The van der Waals surface area contributed by atoms with E-state index in [0.29, 0.717) is 48.7 Å². The van der Waals surface area contributed by atoms with E-state index in [1.165, 1.54) is 30.5 Å².